The second-order valence-electron chi connectivity index (χ2n) is 5.88. The molecule has 0 radical (unpaired) electrons. The van der Waals surface area contributed by atoms with Crippen molar-refractivity contribution in [2.24, 2.45) is 5.41 Å². The summed E-state index contributed by atoms with van der Waals surface area (Å²) in [6, 6.07) is 3.78. The van der Waals surface area contributed by atoms with Crippen LogP contribution in [0.25, 0.3) is 0 Å². The SMILES string of the molecule is CC(C)(C)c1ccc(C(O)C(C)(C)C(=O)O)s1. The van der Waals surface area contributed by atoms with E-state index in [9.17, 15) is 9.90 Å². The minimum absolute atomic E-state index is 0.0238. The van der Waals surface area contributed by atoms with Crippen LogP contribution in [0.1, 0.15) is 50.5 Å². The summed E-state index contributed by atoms with van der Waals surface area (Å²) in [6.07, 6.45) is -0.971. The largest absolute Gasteiger partial charge is 0.481 e. The fourth-order valence-corrected chi connectivity index (χ4v) is 2.61. The lowest BCUT2D eigenvalue weighted by Crippen LogP contribution is -2.30. The Bertz CT molecular complexity index is 413. The van der Waals surface area contributed by atoms with Crippen LogP contribution in [0.4, 0.5) is 0 Å². The van der Waals surface area contributed by atoms with E-state index >= 15 is 0 Å². The summed E-state index contributed by atoms with van der Waals surface area (Å²) >= 11 is 1.48. The lowest BCUT2D eigenvalue weighted by molar-refractivity contribution is -0.153. The molecule has 0 aromatic carbocycles. The minimum atomic E-state index is -1.17. The fraction of sp³-hybridized carbons (Fsp3) is 0.615. The van der Waals surface area contributed by atoms with Gasteiger partial charge in [0.25, 0.3) is 0 Å². The molecular weight excluding hydrogens is 236 g/mol. The maximum absolute atomic E-state index is 11.1. The van der Waals surface area contributed by atoms with Gasteiger partial charge in [-0.25, -0.2) is 0 Å². The van der Waals surface area contributed by atoms with Crippen molar-refractivity contribution >= 4 is 17.3 Å². The first-order chi connectivity index (χ1) is 7.56. The molecular formula is C13H20O3S. The Morgan fingerprint density at radius 2 is 1.76 bits per heavy atom. The van der Waals surface area contributed by atoms with Crippen molar-refractivity contribution in [2.45, 2.75) is 46.1 Å². The highest BCUT2D eigenvalue weighted by Crippen LogP contribution is 2.39. The molecule has 4 heteroatoms. The van der Waals surface area contributed by atoms with Crippen molar-refractivity contribution in [3.05, 3.63) is 21.9 Å². The number of carboxylic acid groups (broad SMARTS) is 1. The zero-order chi connectivity index (χ0) is 13.4. The summed E-state index contributed by atoms with van der Waals surface area (Å²) in [6.45, 7) is 9.36. The highest BCUT2D eigenvalue weighted by Gasteiger charge is 2.37. The molecule has 1 aromatic heterocycles. The number of aliphatic hydroxyl groups excluding tert-OH is 1. The molecule has 1 aromatic rings. The third-order valence-electron chi connectivity index (χ3n) is 2.87. The van der Waals surface area contributed by atoms with Crippen molar-refractivity contribution in [1.29, 1.82) is 0 Å². The van der Waals surface area contributed by atoms with Gasteiger partial charge in [-0.05, 0) is 31.4 Å². The number of thiophene rings is 1. The minimum Gasteiger partial charge on any atom is -0.481 e. The van der Waals surface area contributed by atoms with Gasteiger partial charge < -0.3 is 10.2 Å². The van der Waals surface area contributed by atoms with E-state index in [0.29, 0.717) is 4.88 Å². The maximum atomic E-state index is 11.1. The standard InChI is InChI=1S/C13H20O3S/c1-12(2,3)9-7-6-8(17-9)10(14)13(4,5)11(15)16/h6-7,10,14H,1-5H3,(H,15,16). The average Bonchev–Trinajstić information content (AvgIpc) is 2.63. The van der Waals surface area contributed by atoms with Gasteiger partial charge in [0.1, 0.15) is 6.10 Å². The Hall–Kier alpha value is -0.870. The number of hydrogen-bond donors (Lipinski definition) is 2. The Labute approximate surface area is 106 Å². The first-order valence-electron chi connectivity index (χ1n) is 5.58. The number of rotatable bonds is 3. The number of aliphatic carboxylic acids is 1. The molecule has 3 nitrogen and oxygen atoms in total. The molecule has 0 aliphatic carbocycles. The number of aliphatic hydroxyl groups is 1. The van der Waals surface area contributed by atoms with E-state index in [1.807, 2.05) is 12.1 Å². The molecule has 96 valence electrons. The van der Waals surface area contributed by atoms with E-state index in [1.54, 1.807) is 0 Å². The van der Waals surface area contributed by atoms with Gasteiger partial charge in [-0.15, -0.1) is 11.3 Å². The van der Waals surface area contributed by atoms with E-state index < -0.39 is 17.5 Å². The molecule has 0 fully saturated rings. The van der Waals surface area contributed by atoms with Crippen LogP contribution < -0.4 is 0 Å². The van der Waals surface area contributed by atoms with Crippen LogP contribution in [0.2, 0.25) is 0 Å². The van der Waals surface area contributed by atoms with Crippen LogP contribution in [0, 0.1) is 5.41 Å². The molecule has 0 saturated heterocycles. The fourth-order valence-electron chi connectivity index (χ4n) is 1.38. The monoisotopic (exact) mass is 256 g/mol. The second kappa shape index (κ2) is 4.42. The molecule has 0 amide bonds. The van der Waals surface area contributed by atoms with Crippen LogP contribution in [-0.2, 0) is 10.2 Å². The lowest BCUT2D eigenvalue weighted by Gasteiger charge is -2.25. The van der Waals surface area contributed by atoms with Crippen molar-refractivity contribution in [1.82, 2.24) is 0 Å². The quantitative estimate of drug-likeness (QED) is 0.873. The Morgan fingerprint density at radius 1 is 1.24 bits per heavy atom. The molecule has 1 atom stereocenters. The zero-order valence-electron chi connectivity index (χ0n) is 10.9. The Morgan fingerprint density at radius 3 is 2.12 bits per heavy atom. The third kappa shape index (κ3) is 2.87. The number of hydrogen-bond acceptors (Lipinski definition) is 3. The number of carbonyl (C=O) groups is 1. The molecule has 2 N–H and O–H groups in total. The topological polar surface area (TPSA) is 57.5 Å². The first-order valence-corrected chi connectivity index (χ1v) is 6.40. The normalized spacial score (nSPS) is 14.7. The highest BCUT2D eigenvalue weighted by molar-refractivity contribution is 7.12. The van der Waals surface area contributed by atoms with E-state index in [0.717, 1.165) is 4.88 Å². The summed E-state index contributed by atoms with van der Waals surface area (Å²) in [4.78, 5) is 12.9. The van der Waals surface area contributed by atoms with Crippen LogP contribution >= 0.6 is 11.3 Å². The summed E-state index contributed by atoms with van der Waals surface area (Å²) in [5, 5.41) is 19.2. The predicted octanol–water partition coefficient (Wildman–Crippen LogP) is 3.19. The Kier molecular flexibility index (Phi) is 3.69. The van der Waals surface area contributed by atoms with E-state index in [4.69, 9.17) is 5.11 Å². The van der Waals surface area contributed by atoms with Crippen molar-refractivity contribution in [3.63, 3.8) is 0 Å². The highest BCUT2D eigenvalue weighted by atomic mass is 32.1. The predicted molar refractivity (Wildman–Crippen MR) is 69.4 cm³/mol. The molecule has 0 aliphatic heterocycles. The summed E-state index contributed by atoms with van der Waals surface area (Å²) in [5.74, 6) is -0.990. The molecule has 0 spiro atoms. The first kappa shape index (κ1) is 14.2. The van der Waals surface area contributed by atoms with Crippen molar-refractivity contribution < 1.29 is 15.0 Å². The smallest absolute Gasteiger partial charge is 0.312 e. The summed E-state index contributed by atoms with van der Waals surface area (Å²) in [5.41, 5.74) is -1.14. The second-order valence-corrected chi connectivity index (χ2v) is 7.00. The molecule has 1 unspecified atom stereocenters. The molecule has 1 heterocycles. The van der Waals surface area contributed by atoms with Crippen LogP contribution in [0.3, 0.4) is 0 Å². The van der Waals surface area contributed by atoms with Crippen LogP contribution in [0.15, 0.2) is 12.1 Å². The third-order valence-corrected chi connectivity index (χ3v) is 4.43. The zero-order valence-corrected chi connectivity index (χ0v) is 11.8. The van der Waals surface area contributed by atoms with Gasteiger partial charge in [-0.2, -0.15) is 0 Å². The van der Waals surface area contributed by atoms with E-state index in [1.165, 1.54) is 25.2 Å². The number of carboxylic acids is 1. The summed E-state index contributed by atoms with van der Waals surface area (Å²) in [7, 11) is 0. The van der Waals surface area contributed by atoms with Gasteiger partial charge in [0.15, 0.2) is 0 Å². The Balaban J connectivity index is 3.03. The van der Waals surface area contributed by atoms with Gasteiger partial charge in [-0.3, -0.25) is 4.79 Å². The molecule has 0 bridgehead atoms. The molecule has 1 rings (SSSR count). The van der Waals surface area contributed by atoms with Gasteiger partial charge in [0.2, 0.25) is 0 Å². The lowest BCUT2D eigenvalue weighted by atomic mass is 9.86. The maximum Gasteiger partial charge on any atom is 0.312 e. The van der Waals surface area contributed by atoms with Crippen LogP contribution in [-0.4, -0.2) is 16.2 Å². The van der Waals surface area contributed by atoms with Crippen molar-refractivity contribution in [3.8, 4) is 0 Å². The van der Waals surface area contributed by atoms with Gasteiger partial charge >= 0.3 is 5.97 Å². The van der Waals surface area contributed by atoms with Gasteiger partial charge in [0.05, 0.1) is 5.41 Å². The van der Waals surface area contributed by atoms with E-state index in [-0.39, 0.29) is 5.41 Å². The molecule has 0 aliphatic rings. The van der Waals surface area contributed by atoms with Crippen LogP contribution in [0.5, 0.6) is 0 Å². The van der Waals surface area contributed by atoms with Crippen molar-refractivity contribution in [2.75, 3.05) is 0 Å². The molecule has 0 saturated carbocycles. The summed E-state index contributed by atoms with van der Waals surface area (Å²) < 4.78 is 0. The van der Waals surface area contributed by atoms with Gasteiger partial charge in [0, 0.05) is 9.75 Å². The average molecular weight is 256 g/mol. The van der Waals surface area contributed by atoms with E-state index in [2.05, 4.69) is 20.8 Å². The molecule has 17 heavy (non-hydrogen) atoms. The van der Waals surface area contributed by atoms with Gasteiger partial charge in [-0.1, -0.05) is 20.8 Å².